The van der Waals surface area contributed by atoms with E-state index in [0.29, 0.717) is 5.56 Å². The summed E-state index contributed by atoms with van der Waals surface area (Å²) in [5.74, 6) is -0.279. The van der Waals surface area contributed by atoms with Crippen LogP contribution in [0.4, 0.5) is 0 Å². The molecule has 0 unspecified atom stereocenters. The molecule has 2 aromatic carbocycles. The van der Waals surface area contributed by atoms with Gasteiger partial charge in [0.15, 0.2) is 0 Å². The minimum Gasteiger partial charge on any atom is -0.460 e. The summed E-state index contributed by atoms with van der Waals surface area (Å²) in [5, 5.41) is 8.72. The summed E-state index contributed by atoms with van der Waals surface area (Å²) in [5.41, 5.74) is 2.45. The normalized spacial score (nSPS) is 11.5. The lowest BCUT2D eigenvalue weighted by molar-refractivity contribution is -0.143. The van der Waals surface area contributed by atoms with Crippen LogP contribution in [0, 0.1) is 18.3 Å². The fraction of sp³-hybridized carbons (Fsp3) is 0.222. The molecule has 0 bridgehead atoms. The summed E-state index contributed by atoms with van der Waals surface area (Å²) in [6.07, 6.45) is 0. The zero-order valence-corrected chi connectivity index (χ0v) is 13.4. The third kappa shape index (κ3) is 4.37. The first-order valence-corrected chi connectivity index (χ1v) is 7.86. The largest absolute Gasteiger partial charge is 0.460 e. The molecule has 22 heavy (non-hydrogen) atoms. The van der Waals surface area contributed by atoms with Crippen molar-refractivity contribution in [3.63, 3.8) is 0 Å². The van der Waals surface area contributed by atoms with Crippen LogP contribution in [0.3, 0.4) is 0 Å². The standard InChI is InChI=1S/C18H17NO2S/c1-13-7-9-17(10-8-13)22-14(2)18(20)21-12-16-6-4-3-5-15(16)11-19/h3-10,14H,12H2,1-2H3/t14-/m0/s1. The highest BCUT2D eigenvalue weighted by atomic mass is 32.2. The molecule has 0 aliphatic heterocycles. The lowest BCUT2D eigenvalue weighted by atomic mass is 10.1. The van der Waals surface area contributed by atoms with Gasteiger partial charge in [-0.2, -0.15) is 5.26 Å². The Morgan fingerprint density at radius 2 is 1.91 bits per heavy atom. The summed E-state index contributed by atoms with van der Waals surface area (Å²) < 4.78 is 5.32. The van der Waals surface area contributed by atoms with Crippen molar-refractivity contribution in [3.05, 3.63) is 65.2 Å². The fourth-order valence-corrected chi connectivity index (χ4v) is 2.76. The van der Waals surface area contributed by atoms with Crippen LogP contribution < -0.4 is 0 Å². The Hall–Kier alpha value is -2.25. The van der Waals surface area contributed by atoms with E-state index in [1.807, 2.05) is 44.2 Å². The molecule has 2 aromatic rings. The Balaban J connectivity index is 1.91. The number of hydrogen-bond donors (Lipinski definition) is 0. The average Bonchev–Trinajstić information content (AvgIpc) is 2.54. The molecule has 0 heterocycles. The number of rotatable bonds is 5. The fourth-order valence-electron chi connectivity index (χ4n) is 1.89. The highest BCUT2D eigenvalue weighted by Crippen LogP contribution is 2.24. The van der Waals surface area contributed by atoms with Gasteiger partial charge in [0.25, 0.3) is 0 Å². The zero-order chi connectivity index (χ0) is 15.9. The molecule has 0 amide bonds. The number of benzene rings is 2. The number of aryl methyl sites for hydroxylation is 1. The Labute approximate surface area is 134 Å². The van der Waals surface area contributed by atoms with E-state index in [1.165, 1.54) is 17.3 Å². The van der Waals surface area contributed by atoms with Gasteiger partial charge in [-0.25, -0.2) is 0 Å². The molecule has 0 aromatic heterocycles. The lowest BCUT2D eigenvalue weighted by Crippen LogP contribution is -2.17. The van der Waals surface area contributed by atoms with Crippen LogP contribution >= 0.6 is 11.8 Å². The second kappa shape index (κ2) is 7.67. The molecule has 112 valence electrons. The van der Waals surface area contributed by atoms with E-state index >= 15 is 0 Å². The van der Waals surface area contributed by atoms with Crippen LogP contribution in [0.15, 0.2) is 53.4 Å². The van der Waals surface area contributed by atoms with Crippen LogP contribution in [-0.2, 0) is 16.1 Å². The van der Waals surface area contributed by atoms with Crippen LogP contribution in [0.1, 0.15) is 23.6 Å². The van der Waals surface area contributed by atoms with Crippen molar-refractivity contribution in [2.75, 3.05) is 0 Å². The molecule has 0 saturated carbocycles. The minimum atomic E-state index is -0.294. The Morgan fingerprint density at radius 3 is 2.59 bits per heavy atom. The number of esters is 1. The number of nitriles is 1. The van der Waals surface area contributed by atoms with Crippen molar-refractivity contribution in [3.8, 4) is 6.07 Å². The molecule has 0 fully saturated rings. The first kappa shape index (κ1) is 16.1. The Morgan fingerprint density at radius 1 is 1.23 bits per heavy atom. The highest BCUT2D eigenvalue weighted by Gasteiger charge is 2.16. The van der Waals surface area contributed by atoms with E-state index < -0.39 is 0 Å². The van der Waals surface area contributed by atoms with Gasteiger partial charge >= 0.3 is 5.97 Å². The van der Waals surface area contributed by atoms with Crippen LogP contribution in [0.5, 0.6) is 0 Å². The Bertz CT molecular complexity index is 689. The van der Waals surface area contributed by atoms with Crippen LogP contribution in [0.2, 0.25) is 0 Å². The summed E-state index contributed by atoms with van der Waals surface area (Å²) in [6.45, 7) is 3.98. The van der Waals surface area contributed by atoms with Crippen LogP contribution in [-0.4, -0.2) is 11.2 Å². The topological polar surface area (TPSA) is 50.1 Å². The van der Waals surface area contributed by atoms with E-state index in [0.717, 1.165) is 10.5 Å². The van der Waals surface area contributed by atoms with Crippen molar-refractivity contribution in [2.45, 2.75) is 30.6 Å². The van der Waals surface area contributed by atoms with Gasteiger partial charge in [-0.1, -0.05) is 35.9 Å². The number of ether oxygens (including phenoxy) is 1. The first-order chi connectivity index (χ1) is 10.6. The van der Waals surface area contributed by atoms with Gasteiger partial charge in [0.2, 0.25) is 0 Å². The van der Waals surface area contributed by atoms with Gasteiger partial charge in [0.1, 0.15) is 11.9 Å². The number of carbonyl (C=O) groups is 1. The average molecular weight is 311 g/mol. The van der Waals surface area contributed by atoms with Gasteiger partial charge in [0.05, 0.1) is 11.6 Å². The molecule has 3 nitrogen and oxygen atoms in total. The van der Waals surface area contributed by atoms with Crippen molar-refractivity contribution < 1.29 is 9.53 Å². The SMILES string of the molecule is Cc1ccc(S[C@@H](C)C(=O)OCc2ccccc2C#N)cc1. The smallest absolute Gasteiger partial charge is 0.319 e. The van der Waals surface area contributed by atoms with Crippen molar-refractivity contribution >= 4 is 17.7 Å². The maximum absolute atomic E-state index is 12.1. The Kier molecular flexibility index (Phi) is 5.62. The predicted octanol–water partition coefficient (Wildman–Crippen LogP) is 4.09. The van der Waals surface area contributed by atoms with E-state index in [1.54, 1.807) is 18.2 Å². The lowest BCUT2D eigenvalue weighted by Gasteiger charge is -2.12. The van der Waals surface area contributed by atoms with Crippen molar-refractivity contribution in [2.24, 2.45) is 0 Å². The second-order valence-corrected chi connectivity index (χ2v) is 6.36. The van der Waals surface area contributed by atoms with E-state index in [2.05, 4.69) is 6.07 Å². The molecule has 1 atom stereocenters. The third-order valence-electron chi connectivity index (χ3n) is 3.17. The van der Waals surface area contributed by atoms with Gasteiger partial charge in [-0.15, -0.1) is 11.8 Å². The highest BCUT2D eigenvalue weighted by molar-refractivity contribution is 8.00. The summed E-state index contributed by atoms with van der Waals surface area (Å²) in [4.78, 5) is 13.1. The van der Waals surface area contributed by atoms with Crippen molar-refractivity contribution in [1.82, 2.24) is 0 Å². The molecule has 0 saturated heterocycles. The van der Waals surface area contributed by atoms with E-state index in [4.69, 9.17) is 10.00 Å². The quantitative estimate of drug-likeness (QED) is 0.616. The molecule has 2 rings (SSSR count). The monoisotopic (exact) mass is 311 g/mol. The molecule has 0 aliphatic carbocycles. The molecule has 0 aliphatic rings. The third-order valence-corrected chi connectivity index (χ3v) is 4.26. The molecule has 0 spiro atoms. The van der Waals surface area contributed by atoms with Gasteiger partial charge < -0.3 is 4.74 Å². The second-order valence-electron chi connectivity index (χ2n) is 4.95. The minimum absolute atomic E-state index is 0.126. The summed E-state index contributed by atoms with van der Waals surface area (Å²) in [7, 11) is 0. The van der Waals surface area contributed by atoms with Crippen LogP contribution in [0.25, 0.3) is 0 Å². The van der Waals surface area contributed by atoms with Crippen molar-refractivity contribution in [1.29, 1.82) is 5.26 Å². The van der Waals surface area contributed by atoms with Gasteiger partial charge in [-0.3, -0.25) is 4.79 Å². The number of carbonyl (C=O) groups excluding carboxylic acids is 1. The number of nitrogens with zero attached hydrogens (tertiary/aromatic N) is 1. The molecular weight excluding hydrogens is 294 g/mol. The van der Waals surface area contributed by atoms with Gasteiger partial charge in [0, 0.05) is 10.5 Å². The predicted molar refractivity (Wildman–Crippen MR) is 87.5 cm³/mol. The molecule has 0 N–H and O–H groups in total. The molecule has 0 radical (unpaired) electrons. The first-order valence-electron chi connectivity index (χ1n) is 6.98. The maximum atomic E-state index is 12.1. The van der Waals surface area contributed by atoms with E-state index in [-0.39, 0.29) is 17.8 Å². The number of thioether (sulfide) groups is 1. The molecular formula is C18H17NO2S. The summed E-state index contributed by atoms with van der Waals surface area (Å²) >= 11 is 1.47. The van der Waals surface area contributed by atoms with E-state index in [9.17, 15) is 4.79 Å². The van der Waals surface area contributed by atoms with Gasteiger partial charge in [-0.05, 0) is 32.0 Å². The molecule has 4 heteroatoms. The number of hydrogen-bond acceptors (Lipinski definition) is 4. The summed E-state index contributed by atoms with van der Waals surface area (Å²) in [6, 6.07) is 17.3. The zero-order valence-electron chi connectivity index (χ0n) is 12.6. The maximum Gasteiger partial charge on any atom is 0.319 e.